The number of nitrogens with two attached hydrogens (primary N) is 1. The molecule has 20 nitrogen and oxygen atoms in total. The van der Waals surface area contributed by atoms with E-state index in [4.69, 9.17) is 21.1 Å². The van der Waals surface area contributed by atoms with E-state index in [9.17, 15) is 75.3 Å². The molecule has 6 rings (SSSR count). The molecule has 0 fully saturated rings. The van der Waals surface area contributed by atoms with Gasteiger partial charge in [0.15, 0.2) is 0 Å². The maximum atomic E-state index is 13.2. The summed E-state index contributed by atoms with van der Waals surface area (Å²) in [6, 6.07) is 15.2. The average molecular weight is 1360 g/mol. The maximum Gasteiger partial charge on any atom is 1.00 e. The fourth-order valence-electron chi connectivity index (χ4n) is 5.62. The molecule has 0 aromatic heterocycles. The van der Waals surface area contributed by atoms with Gasteiger partial charge in [-0.3, -0.25) is 20.2 Å². The van der Waals surface area contributed by atoms with E-state index in [1.165, 1.54) is 76.6 Å². The van der Waals surface area contributed by atoms with Crippen LogP contribution in [-0.2, 0) is 14.2 Å². The van der Waals surface area contributed by atoms with Crippen LogP contribution in [0.15, 0.2) is 78.9 Å². The monoisotopic (exact) mass is 1360 g/mol. The molecule has 0 amide bonds. The number of nitrogens with zero attached hydrogens (tertiary/aromatic N) is 2. The van der Waals surface area contributed by atoms with Crippen molar-refractivity contribution in [2.75, 3.05) is 27.1 Å². The van der Waals surface area contributed by atoms with Gasteiger partial charge in [-0.1, -0.05) is 6.07 Å². The molecule has 0 aliphatic heterocycles. The van der Waals surface area contributed by atoms with Crippen molar-refractivity contribution in [3.8, 4) is 0 Å². The van der Waals surface area contributed by atoms with Crippen molar-refractivity contribution in [1.82, 2.24) is 0 Å². The number of nitrogen functional groups attached to an aromatic ring is 1. The minimum absolute atomic E-state index is 0. The van der Waals surface area contributed by atoms with Gasteiger partial charge in [0.1, 0.15) is 46.0 Å². The van der Waals surface area contributed by atoms with E-state index < -0.39 is 97.4 Å². The minimum Gasteiger partial charge on any atom is -0.870 e. The van der Waals surface area contributed by atoms with E-state index in [2.05, 4.69) is 14.2 Å². The van der Waals surface area contributed by atoms with Gasteiger partial charge >= 0.3 is 65.4 Å². The summed E-state index contributed by atoms with van der Waals surface area (Å²) in [5.41, 5.74) is 6.47. The zero-order chi connectivity index (χ0) is 60.2. The molecule has 6 N–H and O–H groups in total. The molecule has 80 heavy (non-hydrogen) atoms. The fraction of sp³-hybridized carbons (Fsp3) is 0.176. The van der Waals surface area contributed by atoms with Crippen molar-refractivity contribution in [3.63, 3.8) is 0 Å². The van der Waals surface area contributed by atoms with Crippen LogP contribution >= 0.6 is 45.2 Å². The van der Waals surface area contributed by atoms with Crippen molar-refractivity contribution in [3.05, 3.63) is 208 Å². The van der Waals surface area contributed by atoms with Gasteiger partial charge in [0.25, 0.3) is 11.4 Å². The van der Waals surface area contributed by atoms with Gasteiger partial charge in [-0.05, 0) is 170 Å². The van der Waals surface area contributed by atoms with Crippen LogP contribution in [0, 0.1) is 104 Å². The summed E-state index contributed by atoms with van der Waals surface area (Å²) in [6.45, 7) is 9.62. The number of carboxylic acid groups (broad SMARTS) is 3. The first-order chi connectivity index (χ1) is 36.1. The third kappa shape index (κ3) is 22.5. The third-order valence-electron chi connectivity index (χ3n) is 9.85. The quantitative estimate of drug-likeness (QED) is 0.0162. The number of aromatic carboxylic acids is 3. The van der Waals surface area contributed by atoms with E-state index in [0.29, 0.717) is 22.9 Å². The van der Waals surface area contributed by atoms with E-state index in [0.717, 1.165) is 43.6 Å². The number of carbonyl (C=O) groups excluding carboxylic acids is 3. The standard InChI is InChI=1S/C9H8FIO2.C9H8FNO4.C9H10FNO2.C8H6FIO2.C8H6FNO4.C8H7FO2.Na.H2O/c1-5-3-7(10)6(4-8(5)11)9(12)13-2;1-5-3-7(10)6(9(12)15-2)4-8(5)11(13)14;1-5-3-7(10)6(4-8(5)11)9(12)13-2;1-4-2-6(9)5(8(11)12)3-7(4)10;1-4-2-6(9)5(8(11)12)3-7(4)10(13)14;1-5-2-3-6(8(10)11)7(9)4-5;;/h3-4H,1-2H3;3-4H,1-2H3;3-4H,11H2,1-2H3;2-3H,1H3,(H,11,12);2-3H,1H3,(H,11,12);2-4H,1H3,(H,10,11);;1H2/q;;;;;;+1;/p-1. The fourth-order valence-corrected chi connectivity index (χ4v) is 6.55. The number of ether oxygens (including phenoxy) is 3. The Bertz CT molecular complexity index is 3190. The van der Waals surface area contributed by atoms with Crippen molar-refractivity contribution >= 4 is 98.1 Å². The summed E-state index contributed by atoms with van der Waals surface area (Å²) in [5.74, 6) is -10.6. The summed E-state index contributed by atoms with van der Waals surface area (Å²) >= 11 is 4.01. The zero-order valence-electron chi connectivity index (χ0n) is 43.6. The predicted molar refractivity (Wildman–Crippen MR) is 287 cm³/mol. The molecule has 0 spiro atoms. The molecule has 0 saturated carbocycles. The average Bonchev–Trinajstić information content (AvgIpc) is 3.34. The number of hydrogen-bond acceptors (Lipinski definition) is 15. The number of rotatable bonds is 8. The molecular formula is C51H46F6I2N3NaO17. The normalized spacial score (nSPS) is 9.56. The van der Waals surface area contributed by atoms with Crippen LogP contribution in [0.25, 0.3) is 0 Å². The smallest absolute Gasteiger partial charge is 0.870 e. The summed E-state index contributed by atoms with van der Waals surface area (Å²) in [5, 5.41) is 46.4. The Morgan fingerprint density at radius 1 is 0.450 bits per heavy atom. The molecule has 6 aromatic carbocycles. The number of hydrogen-bond donors (Lipinski definition) is 4. The zero-order valence-corrected chi connectivity index (χ0v) is 49.9. The van der Waals surface area contributed by atoms with Crippen LogP contribution in [-0.4, -0.2) is 87.8 Å². The van der Waals surface area contributed by atoms with Crippen LogP contribution in [0.5, 0.6) is 0 Å². The number of methoxy groups -OCH3 is 3. The first kappa shape index (κ1) is 74.8. The number of anilines is 1. The number of halogens is 8. The Labute approximate surface area is 500 Å². The molecule has 0 atom stereocenters. The van der Waals surface area contributed by atoms with Gasteiger partial charge in [0.2, 0.25) is 0 Å². The van der Waals surface area contributed by atoms with Crippen LogP contribution in [0.4, 0.5) is 43.4 Å². The van der Waals surface area contributed by atoms with E-state index in [-0.39, 0.29) is 74.1 Å². The molecule has 0 aliphatic rings. The SMILES string of the molecule is COC(=O)c1cc(I)c(C)cc1F.COC(=O)c1cc(N)c(C)cc1F.COC(=O)c1cc([N+](=O)[O-])c(C)cc1F.Cc1cc(F)c(C(=O)O)cc1I.Cc1cc(F)c(C(=O)O)cc1[N+](=O)[O-].Cc1ccc(C(=O)O)c(F)c1.[Na+].[OH-]. The van der Waals surface area contributed by atoms with Crippen molar-refractivity contribution in [1.29, 1.82) is 0 Å². The summed E-state index contributed by atoms with van der Waals surface area (Å²) in [4.78, 5) is 83.7. The number of nitro groups is 2. The molecule has 6 aromatic rings. The minimum atomic E-state index is -1.52. The second kappa shape index (κ2) is 34.7. The molecule has 0 heterocycles. The number of carboxylic acids is 3. The molecule has 0 aliphatic carbocycles. The Kier molecular flexibility index (Phi) is 32.4. The number of carbonyl (C=O) groups is 6. The van der Waals surface area contributed by atoms with Crippen molar-refractivity contribution in [2.24, 2.45) is 0 Å². The van der Waals surface area contributed by atoms with Gasteiger partial charge in [-0.25, -0.2) is 55.1 Å². The van der Waals surface area contributed by atoms with Crippen LogP contribution in [0.3, 0.4) is 0 Å². The summed E-state index contributed by atoms with van der Waals surface area (Å²) in [7, 11) is 3.50. The van der Waals surface area contributed by atoms with Gasteiger partial charge in [0.05, 0.1) is 53.4 Å². The van der Waals surface area contributed by atoms with E-state index >= 15 is 0 Å². The maximum absolute atomic E-state index is 13.2. The number of esters is 3. The van der Waals surface area contributed by atoms with Crippen LogP contribution in [0.2, 0.25) is 0 Å². The molecular weight excluding hydrogens is 1320 g/mol. The van der Waals surface area contributed by atoms with E-state index in [1.54, 1.807) is 33.8 Å². The van der Waals surface area contributed by atoms with Crippen molar-refractivity contribution < 1.29 is 130 Å². The van der Waals surface area contributed by atoms with Crippen LogP contribution < -0.4 is 35.3 Å². The number of benzene rings is 6. The van der Waals surface area contributed by atoms with Gasteiger partial charge in [-0.15, -0.1) is 0 Å². The Morgan fingerprint density at radius 2 is 0.725 bits per heavy atom. The van der Waals surface area contributed by atoms with Gasteiger partial charge in [0, 0.05) is 36.1 Å². The molecule has 0 bridgehead atoms. The number of nitro benzene ring substituents is 2. The summed E-state index contributed by atoms with van der Waals surface area (Å²) < 4.78 is 92.7. The molecule has 0 unspecified atom stereocenters. The van der Waals surface area contributed by atoms with Crippen LogP contribution in [0.1, 0.15) is 95.5 Å². The topological polar surface area (TPSA) is 333 Å². The molecule has 0 saturated heterocycles. The Hall–Kier alpha value is -7.26. The second-order valence-corrected chi connectivity index (χ2v) is 17.8. The second-order valence-electron chi connectivity index (χ2n) is 15.5. The largest absolute Gasteiger partial charge is 1.00 e. The first-order valence-corrected chi connectivity index (χ1v) is 23.4. The van der Waals surface area contributed by atoms with E-state index in [1.807, 2.05) is 45.2 Å². The number of aryl methyl sites for hydroxylation is 6. The Morgan fingerprint density at radius 3 is 1.06 bits per heavy atom. The van der Waals surface area contributed by atoms with Gasteiger partial charge in [-0.2, -0.15) is 0 Å². The van der Waals surface area contributed by atoms with Gasteiger partial charge < -0.3 is 40.7 Å². The first-order valence-electron chi connectivity index (χ1n) is 21.2. The predicted octanol–water partition coefficient (Wildman–Crippen LogP) is 8.69. The molecule has 0 radical (unpaired) electrons. The Balaban J connectivity index is 0. The molecule has 424 valence electrons. The molecule has 29 heteroatoms. The van der Waals surface area contributed by atoms with Crippen molar-refractivity contribution in [2.45, 2.75) is 41.5 Å². The summed E-state index contributed by atoms with van der Waals surface area (Å²) in [6.07, 6.45) is 0. The third-order valence-corrected chi connectivity index (χ3v) is 12.2.